The lowest BCUT2D eigenvalue weighted by atomic mass is 10.3. The predicted octanol–water partition coefficient (Wildman–Crippen LogP) is -1.26. The second kappa shape index (κ2) is 5.53. The van der Waals surface area contributed by atoms with Gasteiger partial charge >= 0.3 is 0 Å². The quantitative estimate of drug-likeness (QED) is 0.119. The molecular weight excluding hydrogens is 148 g/mol. The van der Waals surface area contributed by atoms with Gasteiger partial charge in [-0.05, 0) is 0 Å². The molecule has 0 aliphatic heterocycles. The molecule has 0 aliphatic carbocycles. The first-order valence-corrected chi connectivity index (χ1v) is 2.89. The maximum absolute atomic E-state index is 8.93. The Hall–Kier alpha value is -1.25. The molecule has 4 N–H and O–H groups in total. The van der Waals surface area contributed by atoms with Crippen molar-refractivity contribution in [1.82, 2.24) is 0 Å². The van der Waals surface area contributed by atoms with Crippen molar-refractivity contribution in [2.24, 2.45) is 10.9 Å². The van der Waals surface area contributed by atoms with Gasteiger partial charge in [-0.25, -0.2) is 0 Å². The number of ether oxygens (including phenoxy) is 1. The van der Waals surface area contributed by atoms with Crippen LogP contribution in [0.3, 0.4) is 0 Å². The number of aliphatic hydroxyl groups is 1. The van der Waals surface area contributed by atoms with Gasteiger partial charge in [0.05, 0.1) is 6.61 Å². The van der Waals surface area contributed by atoms with Crippen LogP contribution >= 0.6 is 0 Å². The number of nitrogens with zero attached hydrogens (tertiary/aromatic N) is 1. The lowest BCUT2D eigenvalue weighted by molar-refractivity contribution is 0.0844. The first-order valence-electron chi connectivity index (χ1n) is 2.89. The molecule has 0 spiro atoms. The first-order chi connectivity index (χ1) is 5.22. The average Bonchev–Trinajstić information content (AvgIpc) is 2.03. The van der Waals surface area contributed by atoms with Crippen LogP contribution in [0, 0.1) is 12.3 Å². The minimum absolute atomic E-state index is 0.0694. The molecule has 0 heterocycles. The van der Waals surface area contributed by atoms with Crippen molar-refractivity contribution < 1.29 is 15.1 Å². The van der Waals surface area contributed by atoms with Crippen molar-refractivity contribution in [3.05, 3.63) is 0 Å². The summed E-state index contributed by atoms with van der Waals surface area (Å²) in [5.41, 5.74) is 5.02. The van der Waals surface area contributed by atoms with E-state index in [2.05, 4.69) is 11.1 Å². The van der Waals surface area contributed by atoms with Crippen LogP contribution in [0.15, 0.2) is 5.16 Å². The zero-order valence-corrected chi connectivity index (χ0v) is 5.90. The van der Waals surface area contributed by atoms with Gasteiger partial charge in [0.25, 0.3) is 0 Å². The molecule has 1 atom stereocenters. The van der Waals surface area contributed by atoms with E-state index in [1.807, 2.05) is 0 Å². The summed E-state index contributed by atoms with van der Waals surface area (Å²) in [6.07, 6.45) is 3.75. The van der Waals surface area contributed by atoms with Crippen LogP contribution in [-0.4, -0.2) is 35.5 Å². The Balaban J connectivity index is 3.54. The fraction of sp³-hybridized carbons (Fsp3) is 0.500. The molecule has 5 nitrogen and oxygen atoms in total. The van der Waals surface area contributed by atoms with Gasteiger partial charge in [-0.1, -0.05) is 11.1 Å². The van der Waals surface area contributed by atoms with E-state index in [1.165, 1.54) is 0 Å². The Labute approximate surface area is 64.5 Å². The Bertz CT molecular complexity index is 173. The van der Waals surface area contributed by atoms with Crippen LogP contribution in [0.5, 0.6) is 0 Å². The van der Waals surface area contributed by atoms with Crippen molar-refractivity contribution in [2.75, 3.05) is 13.2 Å². The molecule has 5 heteroatoms. The molecule has 0 fully saturated rings. The van der Waals surface area contributed by atoms with Crippen LogP contribution in [0.1, 0.15) is 0 Å². The van der Waals surface area contributed by atoms with Gasteiger partial charge in [0.1, 0.15) is 12.7 Å². The van der Waals surface area contributed by atoms with Gasteiger partial charge in [0.15, 0.2) is 5.84 Å². The van der Waals surface area contributed by atoms with Gasteiger partial charge in [-0.15, -0.1) is 6.42 Å². The third-order valence-corrected chi connectivity index (χ3v) is 0.918. The second-order valence-electron chi connectivity index (χ2n) is 1.76. The highest BCUT2D eigenvalue weighted by Crippen LogP contribution is 1.84. The normalized spacial score (nSPS) is 14.0. The lowest BCUT2D eigenvalue weighted by Crippen LogP contribution is -2.32. The molecule has 0 amide bonds. The van der Waals surface area contributed by atoms with E-state index in [1.54, 1.807) is 0 Å². The largest absolute Gasteiger partial charge is 0.409 e. The van der Waals surface area contributed by atoms with Crippen molar-refractivity contribution >= 4 is 5.84 Å². The molecule has 0 bridgehead atoms. The molecule has 0 radical (unpaired) electrons. The molecule has 11 heavy (non-hydrogen) atoms. The number of hydrogen-bond donors (Lipinski definition) is 3. The summed E-state index contributed by atoms with van der Waals surface area (Å²) < 4.78 is 4.71. The number of nitrogens with two attached hydrogens (primary N) is 1. The number of hydrogen-bond acceptors (Lipinski definition) is 4. The standard InChI is InChI=1S/C6H10N2O3/c1-2-3-11-4-5(9)6(7)8-10/h1,5,9-10H,3-4H2,(H2,7,8). The third kappa shape index (κ3) is 4.19. The van der Waals surface area contributed by atoms with Crippen LogP contribution in [-0.2, 0) is 4.74 Å². The zero-order valence-electron chi connectivity index (χ0n) is 5.90. The van der Waals surface area contributed by atoms with Gasteiger partial charge < -0.3 is 20.8 Å². The van der Waals surface area contributed by atoms with E-state index < -0.39 is 6.10 Å². The minimum Gasteiger partial charge on any atom is -0.409 e. The van der Waals surface area contributed by atoms with Crippen LogP contribution < -0.4 is 5.73 Å². The fourth-order valence-corrected chi connectivity index (χ4v) is 0.382. The van der Waals surface area contributed by atoms with Gasteiger partial charge in [0.2, 0.25) is 0 Å². The van der Waals surface area contributed by atoms with Crippen molar-refractivity contribution in [3.8, 4) is 12.3 Å². The highest BCUT2D eigenvalue weighted by atomic mass is 16.5. The highest BCUT2D eigenvalue weighted by Gasteiger charge is 2.08. The van der Waals surface area contributed by atoms with E-state index in [0.717, 1.165) is 0 Å². The Morgan fingerprint density at radius 3 is 2.91 bits per heavy atom. The monoisotopic (exact) mass is 158 g/mol. The second-order valence-corrected chi connectivity index (χ2v) is 1.76. The molecule has 0 aromatic heterocycles. The first kappa shape index (κ1) is 9.75. The Kier molecular flexibility index (Phi) is 4.90. The van der Waals surface area contributed by atoms with E-state index in [-0.39, 0.29) is 19.0 Å². The molecule has 0 aliphatic rings. The summed E-state index contributed by atoms with van der Waals surface area (Å²) in [4.78, 5) is 0. The van der Waals surface area contributed by atoms with Crippen molar-refractivity contribution in [3.63, 3.8) is 0 Å². The molecule has 1 unspecified atom stereocenters. The molecule has 0 saturated carbocycles. The molecule has 0 aromatic rings. The molecule has 0 saturated heterocycles. The van der Waals surface area contributed by atoms with Crippen molar-refractivity contribution in [2.45, 2.75) is 6.10 Å². The number of rotatable bonds is 4. The number of amidine groups is 1. The van der Waals surface area contributed by atoms with Gasteiger partial charge in [0, 0.05) is 0 Å². The smallest absolute Gasteiger partial charge is 0.170 e. The minimum atomic E-state index is -1.10. The van der Waals surface area contributed by atoms with Crippen molar-refractivity contribution in [1.29, 1.82) is 0 Å². The fourth-order valence-electron chi connectivity index (χ4n) is 0.382. The number of terminal acetylenes is 1. The van der Waals surface area contributed by atoms with E-state index in [9.17, 15) is 0 Å². The van der Waals surface area contributed by atoms with E-state index in [4.69, 9.17) is 27.2 Å². The lowest BCUT2D eigenvalue weighted by Gasteiger charge is -2.06. The maximum atomic E-state index is 8.93. The maximum Gasteiger partial charge on any atom is 0.170 e. The summed E-state index contributed by atoms with van der Waals surface area (Å²) >= 11 is 0. The van der Waals surface area contributed by atoms with Crippen LogP contribution in [0.2, 0.25) is 0 Å². The average molecular weight is 158 g/mol. The highest BCUT2D eigenvalue weighted by molar-refractivity contribution is 5.84. The van der Waals surface area contributed by atoms with E-state index >= 15 is 0 Å². The summed E-state index contributed by atoms with van der Waals surface area (Å²) in [6, 6.07) is 0. The Morgan fingerprint density at radius 2 is 2.45 bits per heavy atom. The summed E-state index contributed by atoms with van der Waals surface area (Å²) in [5, 5.41) is 19.6. The SMILES string of the molecule is C#CCOCC(O)/C(N)=N/O. The number of oxime groups is 1. The molecule has 62 valence electrons. The summed E-state index contributed by atoms with van der Waals surface area (Å²) in [7, 11) is 0. The molecule has 0 rings (SSSR count). The van der Waals surface area contributed by atoms with E-state index in [0.29, 0.717) is 0 Å². The van der Waals surface area contributed by atoms with Gasteiger partial charge in [-0.2, -0.15) is 0 Å². The topological polar surface area (TPSA) is 88.1 Å². The third-order valence-electron chi connectivity index (χ3n) is 0.918. The Morgan fingerprint density at radius 1 is 1.82 bits per heavy atom. The van der Waals surface area contributed by atoms with Crippen LogP contribution in [0.4, 0.5) is 0 Å². The van der Waals surface area contributed by atoms with Gasteiger partial charge in [-0.3, -0.25) is 0 Å². The number of aliphatic hydroxyl groups excluding tert-OH is 1. The molecule has 0 aromatic carbocycles. The van der Waals surface area contributed by atoms with Crippen LogP contribution in [0.25, 0.3) is 0 Å². The molecular formula is C6H10N2O3. The zero-order chi connectivity index (χ0) is 8.69. The summed E-state index contributed by atoms with van der Waals surface area (Å²) in [5.74, 6) is 1.91. The summed E-state index contributed by atoms with van der Waals surface area (Å²) in [6.45, 7) is 0.0237. The predicted molar refractivity (Wildman–Crippen MR) is 39.1 cm³/mol.